The lowest BCUT2D eigenvalue weighted by Crippen LogP contribution is -2.31. The van der Waals surface area contributed by atoms with E-state index in [4.69, 9.17) is 14.8 Å². The fraction of sp³-hybridized carbons (Fsp3) is 0.154. The smallest absolute Gasteiger partial charge is 0.487 e. The van der Waals surface area contributed by atoms with Gasteiger partial charge in [0.05, 0.1) is 0 Å². The lowest BCUT2D eigenvalue weighted by Gasteiger charge is -2.14. The van der Waals surface area contributed by atoms with Gasteiger partial charge in [-0.1, -0.05) is 30.3 Å². The summed E-state index contributed by atoms with van der Waals surface area (Å²) in [6.45, 7) is -0.0867. The number of alkyl halides is 3. The molecule has 0 amide bonds. The third kappa shape index (κ3) is 3.96. The lowest BCUT2D eigenvalue weighted by molar-refractivity contribution is -0.142. The van der Waals surface area contributed by atoms with Gasteiger partial charge in [-0.2, -0.15) is 13.2 Å². The van der Waals surface area contributed by atoms with Gasteiger partial charge in [0.2, 0.25) is 0 Å². The number of halogens is 3. The Kier molecular flexibility index (Phi) is 4.49. The SMILES string of the molecule is OB(O)c1cnc(C(F)(F)F)c(OCc2ccccc2)c1. The molecule has 0 saturated carbocycles. The molecule has 2 rings (SSSR count). The minimum absolute atomic E-state index is 0.0867. The first-order chi connectivity index (χ1) is 9.88. The van der Waals surface area contributed by atoms with E-state index in [9.17, 15) is 13.2 Å². The highest BCUT2D eigenvalue weighted by Crippen LogP contribution is 2.34. The van der Waals surface area contributed by atoms with Crippen LogP contribution >= 0.6 is 0 Å². The maximum Gasteiger partial charge on any atom is 0.490 e. The monoisotopic (exact) mass is 297 g/mol. The molecular weight excluding hydrogens is 286 g/mol. The molecule has 0 fully saturated rings. The van der Waals surface area contributed by atoms with Gasteiger partial charge in [-0.25, -0.2) is 4.98 Å². The van der Waals surface area contributed by atoms with E-state index >= 15 is 0 Å². The number of pyridine rings is 1. The van der Waals surface area contributed by atoms with Crippen molar-refractivity contribution in [2.75, 3.05) is 0 Å². The molecule has 0 spiro atoms. The molecule has 0 aliphatic rings. The lowest BCUT2D eigenvalue weighted by atomic mass is 9.81. The van der Waals surface area contributed by atoms with E-state index in [-0.39, 0.29) is 12.1 Å². The van der Waals surface area contributed by atoms with E-state index in [1.54, 1.807) is 30.3 Å². The summed E-state index contributed by atoms with van der Waals surface area (Å²) >= 11 is 0. The summed E-state index contributed by atoms with van der Waals surface area (Å²) in [7, 11) is -1.92. The van der Waals surface area contributed by atoms with Gasteiger partial charge in [0.25, 0.3) is 0 Å². The summed E-state index contributed by atoms with van der Waals surface area (Å²) in [6, 6.07) is 9.56. The van der Waals surface area contributed by atoms with Crippen molar-refractivity contribution in [3.63, 3.8) is 0 Å². The van der Waals surface area contributed by atoms with Crippen molar-refractivity contribution in [3.8, 4) is 5.75 Å². The molecule has 0 bridgehead atoms. The van der Waals surface area contributed by atoms with E-state index in [0.29, 0.717) is 5.56 Å². The molecule has 110 valence electrons. The number of ether oxygens (including phenoxy) is 1. The second-order valence-electron chi connectivity index (χ2n) is 4.26. The van der Waals surface area contributed by atoms with Crippen molar-refractivity contribution in [3.05, 3.63) is 53.9 Å². The summed E-state index contributed by atoms with van der Waals surface area (Å²) in [5.41, 5.74) is -0.700. The van der Waals surface area contributed by atoms with Gasteiger partial charge in [-0.05, 0) is 11.6 Å². The van der Waals surface area contributed by atoms with Crippen molar-refractivity contribution in [1.82, 2.24) is 4.98 Å². The van der Waals surface area contributed by atoms with Crippen LogP contribution in [0.3, 0.4) is 0 Å². The molecule has 2 aromatic rings. The van der Waals surface area contributed by atoms with Crippen LogP contribution in [-0.4, -0.2) is 22.2 Å². The first-order valence-electron chi connectivity index (χ1n) is 5.98. The van der Waals surface area contributed by atoms with Crippen molar-refractivity contribution < 1.29 is 28.0 Å². The van der Waals surface area contributed by atoms with Crippen LogP contribution in [0.2, 0.25) is 0 Å². The molecule has 0 saturated heterocycles. The average Bonchev–Trinajstić information content (AvgIpc) is 2.45. The molecule has 4 nitrogen and oxygen atoms in total. The van der Waals surface area contributed by atoms with E-state index < -0.39 is 24.7 Å². The van der Waals surface area contributed by atoms with E-state index in [1.807, 2.05) is 0 Å². The van der Waals surface area contributed by atoms with Crippen molar-refractivity contribution in [1.29, 1.82) is 0 Å². The maximum atomic E-state index is 12.8. The minimum atomic E-state index is -4.69. The highest BCUT2D eigenvalue weighted by Gasteiger charge is 2.37. The third-order valence-corrected chi connectivity index (χ3v) is 2.68. The second-order valence-corrected chi connectivity index (χ2v) is 4.26. The zero-order valence-electron chi connectivity index (χ0n) is 10.7. The molecule has 2 N–H and O–H groups in total. The topological polar surface area (TPSA) is 62.6 Å². The number of aromatic nitrogens is 1. The largest absolute Gasteiger partial charge is 0.490 e. The van der Waals surface area contributed by atoms with Crippen molar-refractivity contribution in [2.45, 2.75) is 12.8 Å². The highest BCUT2D eigenvalue weighted by atomic mass is 19.4. The summed E-state index contributed by atoms with van der Waals surface area (Å²) < 4.78 is 43.7. The average molecular weight is 297 g/mol. The molecule has 0 unspecified atom stereocenters. The number of hydrogen-bond donors (Lipinski definition) is 2. The molecule has 1 heterocycles. The van der Waals surface area contributed by atoms with Crippen LogP contribution in [0.4, 0.5) is 13.2 Å². The standard InChI is InChI=1S/C13H11BF3NO3/c15-13(16,17)12-11(6-10(7-18-12)14(19)20)21-8-9-4-2-1-3-5-9/h1-7,19-20H,8H2. The molecule has 0 atom stereocenters. The van der Waals surface area contributed by atoms with Crippen molar-refractivity contribution in [2.24, 2.45) is 0 Å². The molecule has 0 radical (unpaired) electrons. The van der Waals surface area contributed by atoms with Gasteiger partial charge >= 0.3 is 13.3 Å². The van der Waals surface area contributed by atoms with Crippen LogP contribution in [-0.2, 0) is 12.8 Å². The first-order valence-corrected chi connectivity index (χ1v) is 5.98. The van der Waals surface area contributed by atoms with Crippen LogP contribution in [0.5, 0.6) is 5.75 Å². The van der Waals surface area contributed by atoms with Crippen LogP contribution < -0.4 is 10.2 Å². The Morgan fingerprint density at radius 2 is 1.81 bits per heavy atom. The first kappa shape index (κ1) is 15.3. The summed E-state index contributed by atoms with van der Waals surface area (Å²) in [5, 5.41) is 18.0. The molecular formula is C13H11BF3NO3. The minimum Gasteiger partial charge on any atom is -0.487 e. The Morgan fingerprint density at radius 3 is 2.38 bits per heavy atom. The molecule has 0 aliphatic carbocycles. The maximum absolute atomic E-state index is 12.8. The van der Waals surface area contributed by atoms with Crippen LogP contribution in [0.25, 0.3) is 0 Å². The van der Waals surface area contributed by atoms with Crippen LogP contribution in [0.15, 0.2) is 42.6 Å². The second kappa shape index (κ2) is 6.15. The van der Waals surface area contributed by atoms with Gasteiger partial charge in [0, 0.05) is 11.7 Å². The number of nitrogens with zero attached hydrogens (tertiary/aromatic N) is 1. The predicted molar refractivity (Wildman–Crippen MR) is 69.8 cm³/mol. The predicted octanol–water partition coefficient (Wildman–Crippen LogP) is 1.36. The van der Waals surface area contributed by atoms with Crippen molar-refractivity contribution >= 4 is 12.6 Å². The molecule has 21 heavy (non-hydrogen) atoms. The van der Waals surface area contributed by atoms with E-state index in [2.05, 4.69) is 4.98 Å². The zero-order chi connectivity index (χ0) is 15.5. The summed E-state index contributed by atoms with van der Waals surface area (Å²) in [5.74, 6) is -0.544. The Labute approximate surface area is 119 Å². The highest BCUT2D eigenvalue weighted by molar-refractivity contribution is 6.58. The van der Waals surface area contributed by atoms with Gasteiger partial charge in [-0.15, -0.1) is 0 Å². The Hall–Kier alpha value is -2.06. The molecule has 1 aromatic carbocycles. The summed E-state index contributed by atoms with van der Waals surface area (Å²) in [4.78, 5) is 3.21. The number of hydrogen-bond acceptors (Lipinski definition) is 4. The normalized spacial score (nSPS) is 11.3. The molecule has 1 aromatic heterocycles. The van der Waals surface area contributed by atoms with Gasteiger partial charge < -0.3 is 14.8 Å². The third-order valence-electron chi connectivity index (χ3n) is 2.68. The van der Waals surface area contributed by atoms with Gasteiger partial charge in [-0.3, -0.25) is 0 Å². The van der Waals surface area contributed by atoms with Crippen LogP contribution in [0, 0.1) is 0 Å². The van der Waals surface area contributed by atoms with E-state index in [0.717, 1.165) is 12.3 Å². The fourth-order valence-corrected chi connectivity index (χ4v) is 1.66. The fourth-order valence-electron chi connectivity index (χ4n) is 1.66. The Balaban J connectivity index is 2.28. The summed E-state index contributed by atoms with van der Waals surface area (Å²) in [6.07, 6.45) is -3.94. The van der Waals surface area contributed by atoms with E-state index in [1.165, 1.54) is 0 Å². The quantitative estimate of drug-likeness (QED) is 0.837. The zero-order valence-corrected chi connectivity index (χ0v) is 10.7. The van der Waals surface area contributed by atoms with Gasteiger partial charge in [0.1, 0.15) is 12.4 Å². The van der Waals surface area contributed by atoms with Crippen LogP contribution in [0.1, 0.15) is 11.3 Å². The Morgan fingerprint density at radius 1 is 1.14 bits per heavy atom. The number of benzene rings is 1. The van der Waals surface area contributed by atoms with Gasteiger partial charge in [0.15, 0.2) is 5.69 Å². The molecule has 8 heteroatoms. The number of rotatable bonds is 4. The Bertz CT molecular complexity index is 605. The molecule has 0 aliphatic heterocycles.